The highest BCUT2D eigenvalue weighted by Gasteiger charge is 2.28. The van der Waals surface area contributed by atoms with Crippen molar-refractivity contribution in [3.63, 3.8) is 0 Å². The third-order valence-electron chi connectivity index (χ3n) is 3.89. The Morgan fingerprint density at radius 3 is 2.76 bits per heavy atom. The summed E-state index contributed by atoms with van der Waals surface area (Å²) >= 11 is 0. The molecule has 1 aliphatic rings. The van der Waals surface area contributed by atoms with Crippen LogP contribution in [0.5, 0.6) is 11.5 Å². The van der Waals surface area contributed by atoms with Crippen molar-refractivity contribution in [3.05, 3.63) is 59.4 Å². The van der Waals surface area contributed by atoms with Crippen LogP contribution in [0.1, 0.15) is 23.6 Å². The zero-order chi connectivity index (χ0) is 14.8. The number of aryl methyl sites for hydroxylation is 1. The fourth-order valence-electron chi connectivity index (χ4n) is 2.76. The van der Waals surface area contributed by atoms with Gasteiger partial charge < -0.3 is 15.2 Å². The third kappa shape index (κ3) is 2.85. The predicted octanol–water partition coefficient (Wildman–Crippen LogP) is 3.23. The molecule has 21 heavy (non-hydrogen) atoms. The van der Waals surface area contributed by atoms with Crippen molar-refractivity contribution in [2.45, 2.75) is 25.0 Å². The maximum atomic E-state index is 13.2. The number of fused-ring (bicyclic) bond motifs is 1. The zero-order valence-electron chi connectivity index (χ0n) is 11.9. The van der Waals surface area contributed by atoms with E-state index in [-0.39, 0.29) is 18.0 Å². The molecule has 0 amide bonds. The van der Waals surface area contributed by atoms with E-state index < -0.39 is 0 Å². The lowest BCUT2D eigenvalue weighted by Crippen LogP contribution is -2.35. The van der Waals surface area contributed by atoms with Crippen LogP contribution in [0.2, 0.25) is 0 Å². The van der Waals surface area contributed by atoms with Crippen LogP contribution in [0.25, 0.3) is 0 Å². The van der Waals surface area contributed by atoms with Crippen molar-refractivity contribution >= 4 is 0 Å². The van der Waals surface area contributed by atoms with Crippen molar-refractivity contribution < 1.29 is 13.9 Å². The van der Waals surface area contributed by atoms with E-state index in [1.807, 2.05) is 18.2 Å². The summed E-state index contributed by atoms with van der Waals surface area (Å²) in [5.41, 5.74) is 8.59. The van der Waals surface area contributed by atoms with Crippen LogP contribution in [0.4, 0.5) is 4.39 Å². The lowest BCUT2D eigenvalue weighted by Gasteiger charge is -2.31. The van der Waals surface area contributed by atoms with Gasteiger partial charge in [-0.25, -0.2) is 4.39 Å². The predicted molar refractivity (Wildman–Crippen MR) is 79.1 cm³/mol. The molecule has 3 nitrogen and oxygen atoms in total. The highest BCUT2D eigenvalue weighted by molar-refractivity contribution is 5.40. The Bertz CT molecular complexity index is 644. The van der Waals surface area contributed by atoms with Crippen LogP contribution >= 0.6 is 0 Å². The summed E-state index contributed by atoms with van der Waals surface area (Å²) in [6.45, 7) is 0. The average Bonchev–Trinajstić information content (AvgIpc) is 2.50. The van der Waals surface area contributed by atoms with Gasteiger partial charge in [0.15, 0.2) is 0 Å². The Morgan fingerprint density at radius 2 is 2.00 bits per heavy atom. The number of hydrogen-bond acceptors (Lipinski definition) is 3. The SMILES string of the molecule is COc1ccc2c(c1)C(N)C(Oc1cccc(F)c1)CC2. The second kappa shape index (κ2) is 5.74. The average molecular weight is 287 g/mol. The van der Waals surface area contributed by atoms with Gasteiger partial charge in [0.05, 0.1) is 13.2 Å². The normalized spacial score (nSPS) is 20.7. The van der Waals surface area contributed by atoms with E-state index in [0.717, 1.165) is 24.2 Å². The molecule has 0 spiro atoms. The number of methoxy groups -OCH3 is 1. The monoisotopic (exact) mass is 287 g/mol. The van der Waals surface area contributed by atoms with Crippen LogP contribution in [0.3, 0.4) is 0 Å². The highest BCUT2D eigenvalue weighted by atomic mass is 19.1. The van der Waals surface area contributed by atoms with E-state index >= 15 is 0 Å². The molecule has 0 fully saturated rings. The second-order valence-electron chi connectivity index (χ2n) is 5.24. The third-order valence-corrected chi connectivity index (χ3v) is 3.89. The first-order valence-electron chi connectivity index (χ1n) is 7.02. The van der Waals surface area contributed by atoms with Gasteiger partial charge in [-0.15, -0.1) is 0 Å². The van der Waals surface area contributed by atoms with Gasteiger partial charge in [0.25, 0.3) is 0 Å². The Labute approximate surface area is 123 Å². The number of benzene rings is 2. The fourth-order valence-corrected chi connectivity index (χ4v) is 2.76. The Hall–Kier alpha value is -2.07. The Kier molecular flexibility index (Phi) is 3.80. The van der Waals surface area contributed by atoms with Gasteiger partial charge in [0.2, 0.25) is 0 Å². The molecular weight excluding hydrogens is 269 g/mol. The van der Waals surface area contributed by atoms with Crippen LogP contribution in [-0.4, -0.2) is 13.2 Å². The summed E-state index contributed by atoms with van der Waals surface area (Å²) in [6.07, 6.45) is 1.55. The number of hydrogen-bond donors (Lipinski definition) is 1. The fraction of sp³-hybridized carbons (Fsp3) is 0.294. The molecule has 3 rings (SSSR count). The van der Waals surface area contributed by atoms with E-state index in [9.17, 15) is 4.39 Å². The van der Waals surface area contributed by atoms with E-state index in [1.54, 1.807) is 19.2 Å². The molecule has 2 atom stereocenters. The molecule has 0 saturated carbocycles. The summed E-state index contributed by atoms with van der Waals surface area (Å²) in [5, 5.41) is 0. The minimum atomic E-state index is -0.307. The molecule has 2 unspecified atom stereocenters. The van der Waals surface area contributed by atoms with Crippen LogP contribution < -0.4 is 15.2 Å². The van der Waals surface area contributed by atoms with Crippen LogP contribution in [0.15, 0.2) is 42.5 Å². The standard InChI is InChI=1S/C17H18FNO2/c1-20-13-7-5-11-6-8-16(17(19)15(11)10-13)21-14-4-2-3-12(18)9-14/h2-5,7,9-10,16-17H,6,8,19H2,1H3. The number of halogens is 1. The molecule has 2 aromatic carbocycles. The Balaban J connectivity index is 1.82. The lowest BCUT2D eigenvalue weighted by atomic mass is 9.86. The second-order valence-corrected chi connectivity index (χ2v) is 5.24. The smallest absolute Gasteiger partial charge is 0.126 e. The quantitative estimate of drug-likeness (QED) is 0.942. The van der Waals surface area contributed by atoms with Crippen molar-refractivity contribution in [3.8, 4) is 11.5 Å². The number of ether oxygens (including phenoxy) is 2. The van der Waals surface area contributed by atoms with Crippen LogP contribution in [-0.2, 0) is 6.42 Å². The molecule has 1 aliphatic carbocycles. The first kappa shape index (κ1) is 13.9. The van der Waals surface area contributed by atoms with Gasteiger partial charge in [-0.2, -0.15) is 0 Å². The Morgan fingerprint density at radius 1 is 1.14 bits per heavy atom. The molecule has 4 heteroatoms. The molecule has 0 aromatic heterocycles. The van der Waals surface area contributed by atoms with E-state index in [1.165, 1.54) is 17.7 Å². The molecular formula is C17H18FNO2. The molecule has 2 N–H and O–H groups in total. The van der Waals surface area contributed by atoms with Gasteiger partial charge in [-0.05, 0) is 48.2 Å². The lowest BCUT2D eigenvalue weighted by molar-refractivity contribution is 0.153. The molecule has 0 radical (unpaired) electrons. The van der Waals surface area contributed by atoms with Gasteiger partial charge in [0.1, 0.15) is 23.4 Å². The maximum Gasteiger partial charge on any atom is 0.126 e. The number of rotatable bonds is 3. The van der Waals surface area contributed by atoms with Gasteiger partial charge in [-0.3, -0.25) is 0 Å². The summed E-state index contributed by atoms with van der Waals surface area (Å²) in [4.78, 5) is 0. The van der Waals surface area contributed by atoms with Gasteiger partial charge in [0, 0.05) is 6.07 Å². The minimum absolute atomic E-state index is 0.161. The zero-order valence-corrected chi connectivity index (χ0v) is 11.9. The van der Waals surface area contributed by atoms with Crippen molar-refractivity contribution in [1.29, 1.82) is 0 Å². The minimum Gasteiger partial charge on any atom is -0.497 e. The first-order valence-corrected chi connectivity index (χ1v) is 7.02. The van der Waals surface area contributed by atoms with E-state index in [0.29, 0.717) is 5.75 Å². The topological polar surface area (TPSA) is 44.5 Å². The largest absolute Gasteiger partial charge is 0.497 e. The van der Waals surface area contributed by atoms with Gasteiger partial charge >= 0.3 is 0 Å². The van der Waals surface area contributed by atoms with E-state index in [4.69, 9.17) is 15.2 Å². The summed E-state index contributed by atoms with van der Waals surface area (Å²) in [5.74, 6) is 0.997. The highest BCUT2D eigenvalue weighted by Crippen LogP contribution is 2.33. The van der Waals surface area contributed by atoms with Crippen LogP contribution in [0, 0.1) is 5.82 Å². The molecule has 0 aliphatic heterocycles. The maximum absolute atomic E-state index is 13.2. The molecule has 2 aromatic rings. The van der Waals surface area contributed by atoms with Crippen molar-refractivity contribution in [1.82, 2.24) is 0 Å². The van der Waals surface area contributed by atoms with Crippen molar-refractivity contribution in [2.24, 2.45) is 5.73 Å². The summed E-state index contributed by atoms with van der Waals surface area (Å²) in [6, 6.07) is 11.9. The summed E-state index contributed by atoms with van der Waals surface area (Å²) < 4.78 is 24.4. The van der Waals surface area contributed by atoms with Crippen molar-refractivity contribution in [2.75, 3.05) is 7.11 Å². The molecule has 0 bridgehead atoms. The van der Waals surface area contributed by atoms with E-state index in [2.05, 4.69) is 0 Å². The molecule has 110 valence electrons. The van der Waals surface area contributed by atoms with Gasteiger partial charge in [-0.1, -0.05) is 12.1 Å². The summed E-state index contributed by atoms with van der Waals surface area (Å²) in [7, 11) is 1.64. The first-order chi connectivity index (χ1) is 10.2. The molecule has 0 saturated heterocycles. The number of nitrogens with two attached hydrogens (primary N) is 1. The molecule has 0 heterocycles.